The zero-order valence-corrected chi connectivity index (χ0v) is 13.4. The predicted octanol–water partition coefficient (Wildman–Crippen LogP) is 2.87. The molecule has 0 saturated carbocycles. The van der Waals surface area contributed by atoms with E-state index in [1.807, 2.05) is 0 Å². The smallest absolute Gasteiger partial charge is 0.129 e. The van der Waals surface area contributed by atoms with Crippen LogP contribution in [-0.2, 0) is 21.8 Å². The standard InChI is InChI=1S/C15H25ClN2O2/c1-4-14-10-13(12-16)11-15(17-14)18(7-9-20-3)6-5-8-19-2/h10-11H,4-9,12H2,1-3H3. The molecule has 1 aromatic heterocycles. The number of aryl methyl sites for hydroxylation is 1. The minimum atomic E-state index is 0.513. The van der Waals surface area contributed by atoms with Gasteiger partial charge in [-0.3, -0.25) is 0 Å². The summed E-state index contributed by atoms with van der Waals surface area (Å²) in [4.78, 5) is 6.94. The Labute approximate surface area is 127 Å². The van der Waals surface area contributed by atoms with Crippen LogP contribution in [0.1, 0.15) is 24.6 Å². The minimum Gasteiger partial charge on any atom is -0.385 e. The molecule has 1 rings (SSSR count). The number of hydrogen-bond donors (Lipinski definition) is 0. The summed E-state index contributed by atoms with van der Waals surface area (Å²) in [5, 5.41) is 0. The van der Waals surface area contributed by atoms with Gasteiger partial charge in [-0.1, -0.05) is 6.92 Å². The molecule has 0 atom stereocenters. The number of anilines is 1. The van der Waals surface area contributed by atoms with Gasteiger partial charge in [0.25, 0.3) is 0 Å². The van der Waals surface area contributed by atoms with E-state index in [4.69, 9.17) is 26.1 Å². The molecule has 0 aliphatic rings. The summed E-state index contributed by atoms with van der Waals surface area (Å²) in [6.07, 6.45) is 1.88. The molecule has 0 bridgehead atoms. The Morgan fingerprint density at radius 3 is 2.50 bits per heavy atom. The lowest BCUT2D eigenvalue weighted by atomic mass is 10.2. The van der Waals surface area contributed by atoms with Crippen molar-refractivity contribution in [2.24, 2.45) is 0 Å². The van der Waals surface area contributed by atoms with E-state index < -0.39 is 0 Å². The third-order valence-electron chi connectivity index (χ3n) is 3.11. The lowest BCUT2D eigenvalue weighted by Gasteiger charge is -2.24. The van der Waals surface area contributed by atoms with E-state index in [-0.39, 0.29) is 0 Å². The summed E-state index contributed by atoms with van der Waals surface area (Å²) in [6, 6.07) is 4.13. The maximum Gasteiger partial charge on any atom is 0.129 e. The van der Waals surface area contributed by atoms with Crippen LogP contribution >= 0.6 is 11.6 Å². The monoisotopic (exact) mass is 300 g/mol. The second-order valence-corrected chi connectivity index (χ2v) is 4.91. The third kappa shape index (κ3) is 5.65. The lowest BCUT2D eigenvalue weighted by molar-refractivity contribution is 0.191. The van der Waals surface area contributed by atoms with Gasteiger partial charge in [0.15, 0.2) is 0 Å². The average molecular weight is 301 g/mol. The zero-order valence-electron chi connectivity index (χ0n) is 12.7. The largest absolute Gasteiger partial charge is 0.385 e. The Kier molecular flexibility index (Phi) is 8.58. The molecule has 20 heavy (non-hydrogen) atoms. The molecule has 1 heterocycles. The number of alkyl halides is 1. The fraction of sp³-hybridized carbons (Fsp3) is 0.667. The summed E-state index contributed by atoms with van der Waals surface area (Å²) >= 11 is 5.97. The highest BCUT2D eigenvalue weighted by Crippen LogP contribution is 2.17. The van der Waals surface area contributed by atoms with Gasteiger partial charge in [0, 0.05) is 45.5 Å². The molecule has 0 N–H and O–H groups in total. The highest BCUT2D eigenvalue weighted by molar-refractivity contribution is 6.17. The number of nitrogens with zero attached hydrogens (tertiary/aromatic N) is 2. The molecule has 1 aromatic rings. The summed E-state index contributed by atoms with van der Waals surface area (Å²) < 4.78 is 10.3. The van der Waals surface area contributed by atoms with Crippen LogP contribution in [0.4, 0.5) is 5.82 Å². The molecule has 0 radical (unpaired) electrons. The molecule has 0 aliphatic heterocycles. The molecule has 5 heteroatoms. The van der Waals surface area contributed by atoms with Crippen LogP contribution in [0.5, 0.6) is 0 Å². The molecule has 0 amide bonds. The Morgan fingerprint density at radius 2 is 1.90 bits per heavy atom. The Morgan fingerprint density at radius 1 is 1.15 bits per heavy atom. The van der Waals surface area contributed by atoms with Gasteiger partial charge in [0.1, 0.15) is 5.82 Å². The Balaban J connectivity index is 2.86. The van der Waals surface area contributed by atoms with Crippen molar-refractivity contribution in [1.29, 1.82) is 0 Å². The van der Waals surface area contributed by atoms with E-state index >= 15 is 0 Å². The first kappa shape index (κ1) is 17.2. The molecule has 0 aromatic carbocycles. The van der Waals surface area contributed by atoms with Crippen molar-refractivity contribution in [2.45, 2.75) is 25.6 Å². The summed E-state index contributed by atoms with van der Waals surface area (Å²) in [5.74, 6) is 1.49. The van der Waals surface area contributed by atoms with E-state index in [1.54, 1.807) is 14.2 Å². The molecule has 4 nitrogen and oxygen atoms in total. The van der Waals surface area contributed by atoms with Gasteiger partial charge in [0.2, 0.25) is 0 Å². The van der Waals surface area contributed by atoms with Crippen LogP contribution in [0.2, 0.25) is 0 Å². The molecule has 0 spiro atoms. The highest BCUT2D eigenvalue weighted by Gasteiger charge is 2.10. The van der Waals surface area contributed by atoms with Crippen LogP contribution in [0, 0.1) is 0 Å². The van der Waals surface area contributed by atoms with E-state index in [0.29, 0.717) is 12.5 Å². The zero-order chi connectivity index (χ0) is 14.8. The van der Waals surface area contributed by atoms with Crippen molar-refractivity contribution < 1.29 is 9.47 Å². The van der Waals surface area contributed by atoms with Gasteiger partial charge >= 0.3 is 0 Å². The van der Waals surface area contributed by atoms with Gasteiger partial charge in [-0.05, 0) is 30.5 Å². The maximum atomic E-state index is 5.97. The molecular formula is C15H25ClN2O2. The summed E-state index contributed by atoms with van der Waals surface area (Å²) in [5.41, 5.74) is 2.19. The molecule has 0 saturated heterocycles. The topological polar surface area (TPSA) is 34.6 Å². The SMILES string of the molecule is CCc1cc(CCl)cc(N(CCCOC)CCOC)n1. The van der Waals surface area contributed by atoms with E-state index in [0.717, 1.165) is 49.6 Å². The van der Waals surface area contributed by atoms with Crippen molar-refractivity contribution in [2.75, 3.05) is 45.4 Å². The molecule has 0 aliphatic carbocycles. The van der Waals surface area contributed by atoms with Crippen LogP contribution in [0.15, 0.2) is 12.1 Å². The first-order chi connectivity index (χ1) is 9.74. The Bertz CT molecular complexity index is 366. The quantitative estimate of drug-likeness (QED) is 0.491. The van der Waals surface area contributed by atoms with Crippen molar-refractivity contribution in [3.8, 4) is 0 Å². The van der Waals surface area contributed by atoms with Crippen LogP contribution in [0.25, 0.3) is 0 Å². The fourth-order valence-electron chi connectivity index (χ4n) is 2.00. The second kappa shape index (κ2) is 9.97. The van der Waals surface area contributed by atoms with Crippen molar-refractivity contribution >= 4 is 17.4 Å². The maximum absolute atomic E-state index is 5.97. The normalized spacial score (nSPS) is 10.8. The van der Waals surface area contributed by atoms with Crippen molar-refractivity contribution in [1.82, 2.24) is 4.98 Å². The van der Waals surface area contributed by atoms with E-state index in [2.05, 4.69) is 24.0 Å². The third-order valence-corrected chi connectivity index (χ3v) is 3.42. The van der Waals surface area contributed by atoms with E-state index in [1.165, 1.54) is 0 Å². The van der Waals surface area contributed by atoms with Crippen LogP contribution < -0.4 is 4.90 Å². The highest BCUT2D eigenvalue weighted by atomic mass is 35.5. The van der Waals surface area contributed by atoms with Gasteiger partial charge in [0.05, 0.1) is 6.61 Å². The fourth-order valence-corrected chi connectivity index (χ4v) is 2.15. The van der Waals surface area contributed by atoms with Gasteiger partial charge in [-0.2, -0.15) is 0 Å². The number of aromatic nitrogens is 1. The number of hydrogen-bond acceptors (Lipinski definition) is 4. The minimum absolute atomic E-state index is 0.513. The summed E-state index contributed by atoms with van der Waals surface area (Å²) in [6.45, 7) is 5.26. The van der Waals surface area contributed by atoms with Gasteiger partial charge < -0.3 is 14.4 Å². The summed E-state index contributed by atoms with van der Waals surface area (Å²) in [7, 11) is 3.44. The number of halogens is 1. The first-order valence-electron chi connectivity index (χ1n) is 7.03. The van der Waals surface area contributed by atoms with Crippen LogP contribution in [0.3, 0.4) is 0 Å². The molecule has 114 valence electrons. The predicted molar refractivity (Wildman–Crippen MR) is 83.8 cm³/mol. The number of rotatable bonds is 10. The number of pyridine rings is 1. The van der Waals surface area contributed by atoms with Crippen LogP contribution in [-0.4, -0.2) is 45.5 Å². The van der Waals surface area contributed by atoms with E-state index in [9.17, 15) is 0 Å². The Hall–Kier alpha value is -0.840. The molecule has 0 fully saturated rings. The van der Waals surface area contributed by atoms with Gasteiger partial charge in [-0.25, -0.2) is 4.98 Å². The molecular weight excluding hydrogens is 276 g/mol. The van der Waals surface area contributed by atoms with Gasteiger partial charge in [-0.15, -0.1) is 11.6 Å². The lowest BCUT2D eigenvalue weighted by Crippen LogP contribution is -2.30. The van der Waals surface area contributed by atoms with Crippen molar-refractivity contribution in [3.63, 3.8) is 0 Å². The molecule has 0 unspecified atom stereocenters. The second-order valence-electron chi connectivity index (χ2n) is 4.64. The number of methoxy groups -OCH3 is 2. The first-order valence-corrected chi connectivity index (χ1v) is 7.57. The number of ether oxygens (including phenoxy) is 2. The van der Waals surface area contributed by atoms with Crippen molar-refractivity contribution in [3.05, 3.63) is 23.4 Å². The average Bonchev–Trinajstić information content (AvgIpc) is 2.50.